The van der Waals surface area contributed by atoms with Gasteiger partial charge in [0.1, 0.15) is 11.6 Å². The van der Waals surface area contributed by atoms with E-state index in [9.17, 15) is 14.0 Å². The first kappa shape index (κ1) is 17.2. The van der Waals surface area contributed by atoms with Crippen LogP contribution in [0.15, 0.2) is 30.3 Å². The van der Waals surface area contributed by atoms with Gasteiger partial charge in [-0.2, -0.15) is 0 Å². The smallest absolute Gasteiger partial charge is 0.408 e. The number of hydrogen-bond acceptors (Lipinski definition) is 3. The number of benzene rings is 1. The molecule has 2 amide bonds. The highest BCUT2D eigenvalue weighted by Gasteiger charge is 2.41. The van der Waals surface area contributed by atoms with Crippen molar-refractivity contribution in [1.29, 1.82) is 0 Å². The Hall–Kier alpha value is -2.11. The van der Waals surface area contributed by atoms with E-state index >= 15 is 0 Å². The van der Waals surface area contributed by atoms with Crippen LogP contribution in [0.5, 0.6) is 0 Å². The molecule has 1 fully saturated rings. The van der Waals surface area contributed by atoms with Crippen LogP contribution >= 0.6 is 0 Å². The van der Waals surface area contributed by atoms with Crippen LogP contribution in [0.2, 0.25) is 0 Å². The molecule has 0 saturated carbocycles. The molecule has 0 bridgehead atoms. The first-order valence-electron chi connectivity index (χ1n) is 7.68. The minimum atomic E-state index is -0.876. The summed E-state index contributed by atoms with van der Waals surface area (Å²) in [6, 6.07) is 8.61. The van der Waals surface area contributed by atoms with Crippen molar-refractivity contribution in [1.82, 2.24) is 10.2 Å². The van der Waals surface area contributed by atoms with Gasteiger partial charge in [0.25, 0.3) is 0 Å². The summed E-state index contributed by atoms with van der Waals surface area (Å²) in [4.78, 5) is 25.9. The van der Waals surface area contributed by atoms with Gasteiger partial charge in [-0.05, 0) is 26.3 Å². The third kappa shape index (κ3) is 4.68. The van der Waals surface area contributed by atoms with Gasteiger partial charge < -0.3 is 15.0 Å². The number of carbonyl (C=O) groups is 2. The van der Waals surface area contributed by atoms with Crippen LogP contribution in [0.4, 0.5) is 9.18 Å². The van der Waals surface area contributed by atoms with Gasteiger partial charge in [0.15, 0.2) is 0 Å². The van der Waals surface area contributed by atoms with Gasteiger partial charge >= 0.3 is 6.09 Å². The van der Waals surface area contributed by atoms with Gasteiger partial charge in [0.2, 0.25) is 5.91 Å². The summed E-state index contributed by atoms with van der Waals surface area (Å²) in [6.45, 7) is 5.22. The molecule has 126 valence electrons. The fourth-order valence-corrected chi connectivity index (χ4v) is 2.58. The summed E-state index contributed by atoms with van der Waals surface area (Å²) in [5.41, 5.74) is 0.303. The zero-order valence-corrected chi connectivity index (χ0v) is 13.7. The summed E-state index contributed by atoms with van der Waals surface area (Å²) < 4.78 is 18.4. The van der Waals surface area contributed by atoms with Crippen molar-refractivity contribution in [2.24, 2.45) is 5.92 Å². The van der Waals surface area contributed by atoms with Crippen molar-refractivity contribution in [3.63, 3.8) is 0 Å². The van der Waals surface area contributed by atoms with Crippen LogP contribution in [-0.4, -0.2) is 41.8 Å². The zero-order valence-electron chi connectivity index (χ0n) is 13.7. The van der Waals surface area contributed by atoms with Gasteiger partial charge in [-0.25, -0.2) is 4.79 Å². The number of hydrogen-bond donors (Lipinski definition) is 1. The number of amides is 2. The van der Waals surface area contributed by atoms with E-state index in [0.717, 1.165) is 5.56 Å². The van der Waals surface area contributed by atoms with E-state index in [0.29, 0.717) is 6.54 Å². The number of likely N-dealkylation sites (tertiary alicyclic amines) is 1. The molecule has 23 heavy (non-hydrogen) atoms. The van der Waals surface area contributed by atoms with E-state index in [1.54, 1.807) is 25.7 Å². The van der Waals surface area contributed by atoms with E-state index in [1.807, 2.05) is 30.3 Å². The number of alkyl carbamates (subject to hydrolysis) is 1. The van der Waals surface area contributed by atoms with Crippen LogP contribution in [0.25, 0.3) is 0 Å². The molecule has 1 heterocycles. The Kier molecular flexibility index (Phi) is 5.23. The fourth-order valence-electron chi connectivity index (χ4n) is 2.58. The topological polar surface area (TPSA) is 58.6 Å². The minimum absolute atomic E-state index is 0.276. The first-order valence-corrected chi connectivity index (χ1v) is 7.68. The van der Waals surface area contributed by atoms with Crippen LogP contribution in [0.3, 0.4) is 0 Å². The van der Waals surface area contributed by atoms with Gasteiger partial charge in [-0.3, -0.25) is 9.18 Å². The summed E-state index contributed by atoms with van der Waals surface area (Å²) in [5.74, 6) is -0.832. The average Bonchev–Trinajstić information content (AvgIpc) is 2.75. The minimum Gasteiger partial charge on any atom is -0.444 e. The number of alkyl halides is 1. The second-order valence-corrected chi connectivity index (χ2v) is 6.74. The van der Waals surface area contributed by atoms with Crippen molar-refractivity contribution in [3.05, 3.63) is 35.9 Å². The molecule has 2 rings (SSSR count). The molecular weight excluding hydrogens is 299 g/mol. The highest BCUT2D eigenvalue weighted by molar-refractivity contribution is 5.88. The normalized spacial score (nSPS) is 21.4. The lowest BCUT2D eigenvalue weighted by Gasteiger charge is -2.22. The molecule has 1 aliphatic heterocycles. The second kappa shape index (κ2) is 6.98. The predicted octanol–water partition coefficient (Wildman–Crippen LogP) is 2.51. The fraction of sp³-hybridized carbons (Fsp3) is 0.529. The SMILES string of the molecule is CC(C)(C)OC(=O)NC1C(=O)N(Cc2ccccc2)CC1CF. The second-order valence-electron chi connectivity index (χ2n) is 6.74. The third-order valence-corrected chi connectivity index (χ3v) is 3.59. The summed E-state index contributed by atoms with van der Waals surface area (Å²) in [5, 5.41) is 2.51. The lowest BCUT2D eigenvalue weighted by Crippen LogP contribution is -2.46. The maximum atomic E-state index is 13.3. The molecule has 1 aliphatic rings. The molecular formula is C17H23FN2O3. The van der Waals surface area contributed by atoms with E-state index < -0.39 is 30.3 Å². The maximum absolute atomic E-state index is 13.3. The highest BCUT2D eigenvalue weighted by atomic mass is 19.1. The Balaban J connectivity index is 2.02. The molecule has 2 unspecified atom stereocenters. The van der Waals surface area contributed by atoms with E-state index in [4.69, 9.17) is 4.74 Å². The van der Waals surface area contributed by atoms with E-state index in [-0.39, 0.29) is 12.5 Å². The van der Waals surface area contributed by atoms with Crippen molar-refractivity contribution in [2.45, 2.75) is 39.0 Å². The molecule has 0 radical (unpaired) electrons. The Morgan fingerprint density at radius 3 is 2.57 bits per heavy atom. The maximum Gasteiger partial charge on any atom is 0.408 e. The number of nitrogens with zero attached hydrogens (tertiary/aromatic N) is 1. The monoisotopic (exact) mass is 322 g/mol. The van der Waals surface area contributed by atoms with Crippen molar-refractivity contribution >= 4 is 12.0 Å². The molecule has 0 spiro atoms. The lowest BCUT2D eigenvalue weighted by molar-refractivity contribution is -0.130. The van der Waals surface area contributed by atoms with Crippen molar-refractivity contribution < 1.29 is 18.7 Å². The standard InChI is InChI=1S/C17H23FN2O3/c1-17(2,3)23-16(22)19-14-13(9-18)11-20(15(14)21)10-12-7-5-4-6-8-12/h4-8,13-14H,9-11H2,1-3H3,(H,19,22). The summed E-state index contributed by atoms with van der Waals surface area (Å²) in [6.07, 6.45) is -0.698. The Morgan fingerprint density at radius 2 is 2.00 bits per heavy atom. The lowest BCUT2D eigenvalue weighted by atomic mass is 10.1. The molecule has 0 aromatic heterocycles. The quantitative estimate of drug-likeness (QED) is 0.926. The molecule has 1 saturated heterocycles. The number of ether oxygens (including phenoxy) is 1. The van der Waals surface area contributed by atoms with Gasteiger partial charge in [0, 0.05) is 19.0 Å². The summed E-state index contributed by atoms with van der Waals surface area (Å²) >= 11 is 0. The number of carbonyl (C=O) groups excluding carboxylic acids is 2. The van der Waals surface area contributed by atoms with Crippen LogP contribution < -0.4 is 5.32 Å². The van der Waals surface area contributed by atoms with Crippen LogP contribution in [0, 0.1) is 5.92 Å². The molecule has 0 aliphatic carbocycles. The third-order valence-electron chi connectivity index (χ3n) is 3.59. The number of nitrogens with one attached hydrogen (secondary N) is 1. The summed E-state index contributed by atoms with van der Waals surface area (Å²) in [7, 11) is 0. The van der Waals surface area contributed by atoms with Crippen molar-refractivity contribution in [3.8, 4) is 0 Å². The molecule has 5 nitrogen and oxygen atoms in total. The molecule has 1 aromatic carbocycles. The van der Waals surface area contributed by atoms with Gasteiger partial charge in [0.05, 0.1) is 6.67 Å². The van der Waals surface area contributed by atoms with Crippen LogP contribution in [0.1, 0.15) is 26.3 Å². The molecule has 6 heteroatoms. The molecule has 1 aromatic rings. The zero-order chi connectivity index (χ0) is 17.0. The van der Waals surface area contributed by atoms with Crippen molar-refractivity contribution in [2.75, 3.05) is 13.2 Å². The Bertz CT molecular complexity index is 557. The predicted molar refractivity (Wildman–Crippen MR) is 84.5 cm³/mol. The van der Waals surface area contributed by atoms with Crippen LogP contribution in [-0.2, 0) is 16.1 Å². The average molecular weight is 322 g/mol. The number of halogens is 1. The first-order chi connectivity index (χ1) is 10.8. The number of rotatable bonds is 4. The Morgan fingerprint density at radius 1 is 1.35 bits per heavy atom. The molecule has 1 N–H and O–H groups in total. The largest absolute Gasteiger partial charge is 0.444 e. The molecule has 2 atom stereocenters. The highest BCUT2D eigenvalue weighted by Crippen LogP contribution is 2.22. The van der Waals surface area contributed by atoms with Gasteiger partial charge in [-0.1, -0.05) is 30.3 Å². The van der Waals surface area contributed by atoms with E-state index in [2.05, 4.69) is 5.32 Å². The van der Waals surface area contributed by atoms with Gasteiger partial charge in [-0.15, -0.1) is 0 Å². The van der Waals surface area contributed by atoms with E-state index in [1.165, 1.54) is 0 Å². The Labute approximate surface area is 135 Å².